The van der Waals surface area contributed by atoms with Crippen molar-refractivity contribution >= 4 is 10.8 Å². The number of benzene rings is 2. The minimum absolute atomic E-state index is 0.725. The van der Waals surface area contributed by atoms with Crippen LogP contribution in [0.15, 0.2) is 42.5 Å². The maximum atomic E-state index is 10.4. The largest absolute Gasteiger partial charge is 0.378 e. The Balaban J connectivity index is 2.45. The molecule has 0 unspecified atom stereocenters. The lowest BCUT2D eigenvalue weighted by atomic mass is 9.93. The summed E-state index contributed by atoms with van der Waals surface area (Å²) in [7, 11) is 0. The third kappa shape index (κ3) is 3.35. The molecular weight excluding hydrogens is 236 g/mol. The Morgan fingerprint density at radius 2 is 1.47 bits per heavy atom. The summed E-state index contributed by atoms with van der Waals surface area (Å²) in [6.45, 7) is 4.82. The van der Waals surface area contributed by atoms with E-state index in [1.807, 2.05) is 42.5 Å². The van der Waals surface area contributed by atoms with Crippen molar-refractivity contribution in [2.75, 3.05) is 0 Å². The van der Waals surface area contributed by atoms with Crippen LogP contribution in [0.4, 0.5) is 0 Å². The van der Waals surface area contributed by atoms with Gasteiger partial charge in [-0.1, -0.05) is 48.2 Å². The highest BCUT2D eigenvalue weighted by Gasteiger charge is 2.21. The molecule has 0 aliphatic heterocycles. The Hall–Kier alpha value is -1.82. The van der Waals surface area contributed by atoms with Crippen LogP contribution in [0, 0.1) is 11.8 Å². The summed E-state index contributed by atoms with van der Waals surface area (Å²) < 4.78 is 0. The molecule has 0 amide bonds. The summed E-state index contributed by atoms with van der Waals surface area (Å²) in [6, 6.07) is 13.7. The molecule has 2 aromatic carbocycles. The third-order valence-electron chi connectivity index (χ3n) is 2.92. The van der Waals surface area contributed by atoms with Gasteiger partial charge in [0.25, 0.3) is 0 Å². The zero-order chi connectivity index (χ0) is 14.1. The Morgan fingerprint density at radius 1 is 0.842 bits per heavy atom. The molecule has 0 saturated carbocycles. The van der Waals surface area contributed by atoms with Crippen molar-refractivity contribution in [1.82, 2.24) is 0 Å². The molecule has 2 aromatic rings. The lowest BCUT2D eigenvalue weighted by Gasteiger charge is -2.18. The fourth-order valence-electron chi connectivity index (χ4n) is 1.84. The molecule has 0 aliphatic rings. The summed E-state index contributed by atoms with van der Waals surface area (Å²) in [5.41, 5.74) is -1.66. The lowest BCUT2D eigenvalue weighted by Crippen LogP contribution is -2.22. The van der Waals surface area contributed by atoms with E-state index in [1.54, 1.807) is 20.8 Å². The number of hydrogen-bond donors (Lipinski definition) is 2. The van der Waals surface area contributed by atoms with Crippen LogP contribution in [0.5, 0.6) is 0 Å². The average Bonchev–Trinajstić information content (AvgIpc) is 2.35. The minimum Gasteiger partial charge on any atom is -0.378 e. The van der Waals surface area contributed by atoms with Crippen molar-refractivity contribution in [2.45, 2.75) is 32.0 Å². The second-order valence-electron chi connectivity index (χ2n) is 5.44. The van der Waals surface area contributed by atoms with Gasteiger partial charge in [-0.15, -0.1) is 0 Å². The van der Waals surface area contributed by atoms with Crippen molar-refractivity contribution in [3.63, 3.8) is 0 Å². The van der Waals surface area contributed by atoms with E-state index in [-0.39, 0.29) is 0 Å². The molecule has 0 aliphatic carbocycles. The molecule has 0 aromatic heterocycles. The SMILES string of the molecule is CC(C)(O)C#C[C@](C)(O)c1ccc2ccccc2c1. The molecule has 0 fully saturated rings. The highest BCUT2D eigenvalue weighted by Crippen LogP contribution is 2.24. The van der Waals surface area contributed by atoms with Crippen LogP contribution in [0.2, 0.25) is 0 Å². The summed E-state index contributed by atoms with van der Waals surface area (Å²) >= 11 is 0. The van der Waals surface area contributed by atoms with Gasteiger partial charge in [-0.25, -0.2) is 0 Å². The molecule has 2 N–H and O–H groups in total. The number of aliphatic hydroxyl groups is 2. The van der Waals surface area contributed by atoms with E-state index in [1.165, 1.54) is 0 Å². The van der Waals surface area contributed by atoms with Crippen molar-refractivity contribution < 1.29 is 10.2 Å². The van der Waals surface area contributed by atoms with Crippen molar-refractivity contribution in [1.29, 1.82) is 0 Å². The molecule has 0 spiro atoms. The van der Waals surface area contributed by atoms with Gasteiger partial charge in [0.2, 0.25) is 0 Å². The Labute approximate surface area is 113 Å². The van der Waals surface area contributed by atoms with E-state index in [0.717, 1.165) is 16.3 Å². The molecule has 19 heavy (non-hydrogen) atoms. The molecular formula is C17H18O2. The van der Waals surface area contributed by atoms with Crippen molar-refractivity contribution in [3.05, 3.63) is 48.0 Å². The maximum absolute atomic E-state index is 10.4. The molecule has 0 radical (unpaired) electrons. The van der Waals surface area contributed by atoms with Gasteiger partial charge >= 0.3 is 0 Å². The maximum Gasteiger partial charge on any atom is 0.148 e. The van der Waals surface area contributed by atoms with Crippen LogP contribution < -0.4 is 0 Å². The minimum atomic E-state index is -1.27. The highest BCUT2D eigenvalue weighted by molar-refractivity contribution is 5.83. The van der Waals surface area contributed by atoms with Gasteiger partial charge in [-0.2, -0.15) is 0 Å². The summed E-state index contributed by atoms with van der Waals surface area (Å²) in [5.74, 6) is 5.40. The van der Waals surface area contributed by atoms with Gasteiger partial charge in [0.05, 0.1) is 0 Å². The number of fused-ring (bicyclic) bond motifs is 1. The van der Waals surface area contributed by atoms with Crippen LogP contribution in [-0.4, -0.2) is 15.8 Å². The van der Waals surface area contributed by atoms with Crippen LogP contribution in [-0.2, 0) is 5.60 Å². The topological polar surface area (TPSA) is 40.5 Å². The van der Waals surface area contributed by atoms with E-state index in [2.05, 4.69) is 11.8 Å². The molecule has 1 atom stereocenters. The third-order valence-corrected chi connectivity index (χ3v) is 2.92. The van der Waals surface area contributed by atoms with Crippen LogP contribution in [0.1, 0.15) is 26.3 Å². The predicted octanol–water partition coefficient (Wildman–Crippen LogP) is 2.82. The Kier molecular flexibility index (Phi) is 3.36. The first-order valence-corrected chi connectivity index (χ1v) is 6.26. The summed E-state index contributed by atoms with van der Waals surface area (Å²) in [6.07, 6.45) is 0. The molecule has 2 heteroatoms. The van der Waals surface area contributed by atoms with Crippen LogP contribution >= 0.6 is 0 Å². The predicted molar refractivity (Wildman–Crippen MR) is 77.6 cm³/mol. The quantitative estimate of drug-likeness (QED) is 0.768. The summed E-state index contributed by atoms with van der Waals surface area (Å²) in [4.78, 5) is 0. The molecule has 0 bridgehead atoms. The molecule has 2 nitrogen and oxygen atoms in total. The first-order chi connectivity index (χ1) is 8.78. The zero-order valence-corrected chi connectivity index (χ0v) is 11.4. The number of rotatable bonds is 1. The highest BCUT2D eigenvalue weighted by atomic mass is 16.3. The second-order valence-corrected chi connectivity index (χ2v) is 5.44. The van der Waals surface area contributed by atoms with E-state index in [0.29, 0.717) is 0 Å². The average molecular weight is 254 g/mol. The smallest absolute Gasteiger partial charge is 0.148 e. The fraction of sp³-hybridized carbons (Fsp3) is 0.294. The monoisotopic (exact) mass is 254 g/mol. The Morgan fingerprint density at radius 3 is 2.11 bits per heavy atom. The van der Waals surface area contributed by atoms with Crippen molar-refractivity contribution in [3.8, 4) is 11.8 Å². The van der Waals surface area contributed by atoms with Crippen LogP contribution in [0.25, 0.3) is 10.8 Å². The first kappa shape index (κ1) is 13.6. The molecule has 2 rings (SSSR count). The number of hydrogen-bond acceptors (Lipinski definition) is 2. The normalized spacial score (nSPS) is 14.6. The van der Waals surface area contributed by atoms with Gasteiger partial charge in [-0.05, 0) is 43.2 Å². The second kappa shape index (κ2) is 4.70. The zero-order valence-electron chi connectivity index (χ0n) is 11.4. The van der Waals surface area contributed by atoms with Gasteiger partial charge in [0.1, 0.15) is 11.2 Å². The lowest BCUT2D eigenvalue weighted by molar-refractivity contribution is 0.116. The van der Waals surface area contributed by atoms with Crippen LogP contribution in [0.3, 0.4) is 0 Å². The van der Waals surface area contributed by atoms with E-state index in [4.69, 9.17) is 0 Å². The van der Waals surface area contributed by atoms with Gasteiger partial charge in [0.15, 0.2) is 0 Å². The van der Waals surface area contributed by atoms with Gasteiger partial charge in [0, 0.05) is 0 Å². The van der Waals surface area contributed by atoms with E-state index < -0.39 is 11.2 Å². The van der Waals surface area contributed by atoms with Crippen molar-refractivity contribution in [2.24, 2.45) is 0 Å². The molecule has 0 heterocycles. The van der Waals surface area contributed by atoms with E-state index >= 15 is 0 Å². The Bertz CT molecular complexity index is 652. The first-order valence-electron chi connectivity index (χ1n) is 6.26. The summed E-state index contributed by atoms with van der Waals surface area (Å²) in [5, 5.41) is 22.2. The molecule has 0 saturated heterocycles. The fourth-order valence-corrected chi connectivity index (χ4v) is 1.84. The molecule has 98 valence electrons. The standard InChI is InChI=1S/C17H18O2/c1-16(2,18)10-11-17(3,19)15-9-8-13-6-4-5-7-14(13)12-15/h4-9,12,18-19H,1-3H3/t17-/m0/s1. The van der Waals surface area contributed by atoms with Gasteiger partial charge < -0.3 is 10.2 Å². The van der Waals surface area contributed by atoms with E-state index in [9.17, 15) is 10.2 Å². The van der Waals surface area contributed by atoms with Gasteiger partial charge in [-0.3, -0.25) is 0 Å².